The van der Waals surface area contributed by atoms with E-state index in [1.165, 1.54) is 26.3 Å². The molecule has 1 N–H and O–H groups in total. The molecule has 0 aliphatic heterocycles. The third-order valence-corrected chi connectivity index (χ3v) is 3.95. The lowest BCUT2D eigenvalue weighted by Crippen LogP contribution is -2.46. The van der Waals surface area contributed by atoms with Crippen molar-refractivity contribution >= 4 is 5.91 Å². The Labute approximate surface area is 136 Å². The quantitative estimate of drug-likeness (QED) is 0.900. The van der Waals surface area contributed by atoms with Crippen molar-refractivity contribution in [3.8, 4) is 0 Å². The van der Waals surface area contributed by atoms with Gasteiger partial charge in [0.15, 0.2) is 0 Å². The Balaban J connectivity index is 2.25. The number of halogens is 3. The van der Waals surface area contributed by atoms with Crippen molar-refractivity contribution in [1.29, 1.82) is 0 Å². The second-order valence-corrected chi connectivity index (χ2v) is 5.64. The Morgan fingerprint density at radius 1 is 1.33 bits per heavy atom. The Morgan fingerprint density at radius 3 is 2.46 bits per heavy atom. The molecule has 24 heavy (non-hydrogen) atoms. The average molecular weight is 345 g/mol. The molecule has 0 radical (unpaired) electrons. The lowest BCUT2D eigenvalue weighted by molar-refractivity contribution is -0.274. The topological polar surface area (TPSA) is 66.8 Å². The summed E-state index contributed by atoms with van der Waals surface area (Å²) in [7, 11) is 1.35. The van der Waals surface area contributed by atoms with Crippen LogP contribution >= 0.6 is 0 Å². The average Bonchev–Trinajstić information content (AvgIpc) is 3.15. The highest BCUT2D eigenvalue weighted by atomic mass is 19.4. The first-order valence-corrected chi connectivity index (χ1v) is 7.21. The Bertz CT molecular complexity index is 692. The van der Waals surface area contributed by atoms with Crippen LogP contribution < -0.4 is 0 Å². The molecule has 0 aliphatic carbocycles. The van der Waals surface area contributed by atoms with Gasteiger partial charge in [-0.15, -0.1) is 0 Å². The van der Waals surface area contributed by atoms with Gasteiger partial charge in [0.2, 0.25) is 11.5 Å². The predicted molar refractivity (Wildman–Crippen MR) is 77.9 cm³/mol. The number of aliphatic hydroxyl groups is 1. The minimum absolute atomic E-state index is 0.206. The van der Waals surface area contributed by atoms with Crippen molar-refractivity contribution in [2.24, 2.45) is 0 Å². The molecule has 0 spiro atoms. The number of amides is 1. The monoisotopic (exact) mass is 345 g/mol. The zero-order valence-electron chi connectivity index (χ0n) is 13.4. The van der Waals surface area contributed by atoms with Gasteiger partial charge in [0.05, 0.1) is 18.7 Å². The fourth-order valence-electron chi connectivity index (χ4n) is 2.26. The van der Waals surface area contributed by atoms with Crippen LogP contribution in [0.15, 0.2) is 39.4 Å². The van der Waals surface area contributed by atoms with E-state index in [0.29, 0.717) is 5.76 Å². The largest absolute Gasteiger partial charge is 0.467 e. The first-order valence-electron chi connectivity index (χ1n) is 7.21. The van der Waals surface area contributed by atoms with Gasteiger partial charge in [0.1, 0.15) is 17.3 Å². The van der Waals surface area contributed by atoms with E-state index in [0.717, 1.165) is 11.0 Å². The summed E-state index contributed by atoms with van der Waals surface area (Å²) in [6, 6.07) is 4.96. The fraction of sp³-hybridized carbons (Fsp3) is 0.438. The molecule has 0 aromatic carbocycles. The molecular formula is C16H18F3NO4. The second kappa shape index (κ2) is 6.35. The highest BCUT2D eigenvalue weighted by Crippen LogP contribution is 2.43. The number of hydrogen-bond acceptors (Lipinski definition) is 4. The first-order chi connectivity index (χ1) is 11.1. The summed E-state index contributed by atoms with van der Waals surface area (Å²) in [5.41, 5.74) is -3.39. The first kappa shape index (κ1) is 18.1. The van der Waals surface area contributed by atoms with Gasteiger partial charge in [-0.1, -0.05) is 0 Å². The number of aryl methyl sites for hydroxylation is 1. The van der Waals surface area contributed by atoms with Crippen molar-refractivity contribution in [3.63, 3.8) is 0 Å². The molecule has 2 rings (SSSR count). The molecule has 2 atom stereocenters. The Morgan fingerprint density at radius 2 is 2.00 bits per heavy atom. The SMILES string of the molecule is Cc1ccc(C(O)(CC(=O)N(C)C(C)c2ccco2)C(F)(F)F)o1. The van der Waals surface area contributed by atoms with E-state index >= 15 is 0 Å². The normalized spacial score (nSPS) is 15.8. The maximum absolute atomic E-state index is 13.4. The molecule has 2 aromatic rings. The van der Waals surface area contributed by atoms with Crippen LogP contribution in [0.4, 0.5) is 13.2 Å². The molecule has 0 aliphatic rings. The lowest BCUT2D eigenvalue weighted by Gasteiger charge is -2.31. The van der Waals surface area contributed by atoms with Crippen molar-refractivity contribution < 1.29 is 31.9 Å². The third kappa shape index (κ3) is 3.33. The maximum Gasteiger partial charge on any atom is 0.425 e. The van der Waals surface area contributed by atoms with Crippen molar-refractivity contribution in [2.45, 2.75) is 38.1 Å². The maximum atomic E-state index is 13.4. The molecule has 132 valence electrons. The molecule has 0 saturated carbocycles. The van der Waals surface area contributed by atoms with Crippen LogP contribution in [0.25, 0.3) is 0 Å². The van der Waals surface area contributed by atoms with Gasteiger partial charge in [-0.3, -0.25) is 4.79 Å². The Hall–Kier alpha value is -2.22. The molecule has 0 bridgehead atoms. The van der Waals surface area contributed by atoms with Crippen LogP contribution in [0.3, 0.4) is 0 Å². The molecule has 2 unspecified atom stereocenters. The summed E-state index contributed by atoms with van der Waals surface area (Å²) < 4.78 is 50.3. The fourth-order valence-corrected chi connectivity index (χ4v) is 2.26. The molecule has 2 heterocycles. The minimum Gasteiger partial charge on any atom is -0.467 e. The van der Waals surface area contributed by atoms with E-state index in [-0.39, 0.29) is 5.76 Å². The molecule has 2 aromatic heterocycles. The number of rotatable bonds is 5. The zero-order chi connectivity index (χ0) is 18.1. The molecule has 0 saturated heterocycles. The molecule has 8 heteroatoms. The van der Waals surface area contributed by atoms with Gasteiger partial charge in [-0.25, -0.2) is 0 Å². The van der Waals surface area contributed by atoms with Gasteiger partial charge in [-0.05, 0) is 38.1 Å². The minimum atomic E-state index is -5.07. The van der Waals surface area contributed by atoms with Gasteiger partial charge in [0, 0.05) is 7.05 Å². The van der Waals surface area contributed by atoms with E-state index in [2.05, 4.69) is 0 Å². The van der Waals surface area contributed by atoms with Crippen molar-refractivity contribution in [2.75, 3.05) is 7.05 Å². The molecular weight excluding hydrogens is 327 g/mol. The summed E-state index contributed by atoms with van der Waals surface area (Å²) in [5, 5.41) is 10.2. The van der Waals surface area contributed by atoms with Gasteiger partial charge >= 0.3 is 6.18 Å². The van der Waals surface area contributed by atoms with Crippen LogP contribution in [0, 0.1) is 6.92 Å². The lowest BCUT2D eigenvalue weighted by atomic mass is 9.94. The number of carbonyl (C=O) groups excluding carboxylic acids is 1. The van der Waals surface area contributed by atoms with Crippen molar-refractivity contribution in [1.82, 2.24) is 4.90 Å². The van der Waals surface area contributed by atoms with Gasteiger partial charge in [0.25, 0.3) is 0 Å². The van der Waals surface area contributed by atoms with Crippen molar-refractivity contribution in [3.05, 3.63) is 47.8 Å². The smallest absolute Gasteiger partial charge is 0.425 e. The van der Waals surface area contributed by atoms with Gasteiger partial charge in [-0.2, -0.15) is 13.2 Å². The van der Waals surface area contributed by atoms with Gasteiger partial charge < -0.3 is 18.8 Å². The van der Waals surface area contributed by atoms with E-state index in [1.807, 2.05) is 0 Å². The molecule has 0 fully saturated rings. The number of hydrogen-bond donors (Lipinski definition) is 1. The van der Waals surface area contributed by atoms with E-state index in [1.54, 1.807) is 19.1 Å². The van der Waals surface area contributed by atoms with Crippen LogP contribution in [-0.2, 0) is 10.4 Å². The number of nitrogens with zero attached hydrogens (tertiary/aromatic N) is 1. The standard InChI is InChI=1S/C16H18F3NO4/c1-10-6-7-13(24-10)15(22,16(17,18)19)9-14(21)20(3)11(2)12-5-4-8-23-12/h4-8,11,22H,9H2,1-3H3. The molecule has 1 amide bonds. The summed E-state index contributed by atoms with van der Waals surface area (Å²) in [4.78, 5) is 13.4. The van der Waals surface area contributed by atoms with E-state index in [9.17, 15) is 23.1 Å². The van der Waals surface area contributed by atoms with Crippen LogP contribution in [0.1, 0.15) is 36.7 Å². The highest BCUT2D eigenvalue weighted by molar-refractivity contribution is 5.77. The highest BCUT2D eigenvalue weighted by Gasteiger charge is 2.58. The third-order valence-electron chi connectivity index (χ3n) is 3.95. The summed E-state index contributed by atoms with van der Waals surface area (Å²) >= 11 is 0. The van der Waals surface area contributed by atoms with Crippen LogP contribution in [0.5, 0.6) is 0 Å². The Kier molecular flexibility index (Phi) is 4.80. The van der Waals surface area contributed by atoms with Crippen LogP contribution in [0.2, 0.25) is 0 Å². The number of furan rings is 2. The van der Waals surface area contributed by atoms with E-state index in [4.69, 9.17) is 8.83 Å². The van der Waals surface area contributed by atoms with Crippen LogP contribution in [-0.4, -0.2) is 29.1 Å². The number of carbonyl (C=O) groups is 1. The zero-order valence-corrected chi connectivity index (χ0v) is 13.4. The number of alkyl halides is 3. The molecule has 5 nitrogen and oxygen atoms in total. The van der Waals surface area contributed by atoms with E-state index < -0.39 is 35.9 Å². The second-order valence-electron chi connectivity index (χ2n) is 5.64. The summed E-state index contributed by atoms with van der Waals surface area (Å²) in [6.45, 7) is 3.06. The summed E-state index contributed by atoms with van der Waals surface area (Å²) in [5.74, 6) is -0.972. The summed E-state index contributed by atoms with van der Waals surface area (Å²) in [6.07, 6.45) is -4.85. The predicted octanol–water partition coefficient (Wildman–Crippen LogP) is 3.54.